The first-order valence-electron chi connectivity index (χ1n) is 11.9. The van der Waals surface area contributed by atoms with E-state index >= 15 is 0 Å². The molecule has 5 rings (SSSR count). The summed E-state index contributed by atoms with van der Waals surface area (Å²) in [4.78, 5) is 17.9. The number of carbonyl (C=O) groups is 1. The summed E-state index contributed by atoms with van der Waals surface area (Å²) in [6.07, 6.45) is 13.6. The second-order valence-electron chi connectivity index (χ2n) is 9.85. The second kappa shape index (κ2) is 8.58. The largest absolute Gasteiger partial charge is 0.459 e. The maximum Gasteiger partial charge on any atom is 0.294 e. The van der Waals surface area contributed by atoms with E-state index in [9.17, 15) is 4.79 Å². The van der Waals surface area contributed by atoms with Crippen molar-refractivity contribution >= 4 is 11.6 Å². The van der Waals surface area contributed by atoms with E-state index in [4.69, 9.17) is 4.42 Å². The molecule has 0 radical (unpaired) electrons. The Morgan fingerprint density at radius 1 is 1.00 bits per heavy atom. The molecule has 4 heteroatoms. The van der Waals surface area contributed by atoms with E-state index in [1.165, 1.54) is 64.6 Å². The highest BCUT2D eigenvalue weighted by atomic mass is 16.3. The van der Waals surface area contributed by atoms with Crippen LogP contribution in [0.4, 0.5) is 5.69 Å². The number of para-hydroxylation sites is 1. The third-order valence-corrected chi connectivity index (χ3v) is 7.85. The van der Waals surface area contributed by atoms with Crippen molar-refractivity contribution in [3.63, 3.8) is 0 Å². The molecule has 0 N–H and O–H groups in total. The van der Waals surface area contributed by atoms with E-state index < -0.39 is 0 Å². The van der Waals surface area contributed by atoms with Gasteiger partial charge >= 0.3 is 0 Å². The molecule has 2 aromatic rings. The van der Waals surface area contributed by atoms with Gasteiger partial charge in [-0.25, -0.2) is 0 Å². The summed E-state index contributed by atoms with van der Waals surface area (Å²) in [7, 11) is 0. The highest BCUT2D eigenvalue weighted by molar-refractivity contribution is 6.04. The van der Waals surface area contributed by atoms with Crippen molar-refractivity contribution < 1.29 is 9.21 Å². The molecule has 1 spiro atoms. The molecule has 0 unspecified atom stereocenters. The van der Waals surface area contributed by atoms with Crippen molar-refractivity contribution in [3.8, 4) is 0 Å². The first-order valence-corrected chi connectivity index (χ1v) is 11.9. The summed E-state index contributed by atoms with van der Waals surface area (Å²) in [6.45, 7) is 3.79. The molecule has 1 aromatic carbocycles. The van der Waals surface area contributed by atoms with Gasteiger partial charge in [-0.2, -0.15) is 0 Å². The highest BCUT2D eigenvalue weighted by Crippen LogP contribution is 2.52. The van der Waals surface area contributed by atoms with Crippen LogP contribution in [0.15, 0.2) is 53.1 Å². The fourth-order valence-electron chi connectivity index (χ4n) is 6.08. The summed E-state index contributed by atoms with van der Waals surface area (Å²) in [5.74, 6) is 1.35. The monoisotopic (exact) mass is 406 g/mol. The van der Waals surface area contributed by atoms with Gasteiger partial charge in [0.2, 0.25) is 0 Å². The lowest BCUT2D eigenvalue weighted by Crippen LogP contribution is -2.57. The minimum atomic E-state index is -0.0132. The van der Waals surface area contributed by atoms with Gasteiger partial charge in [0.05, 0.1) is 6.26 Å². The molecule has 1 saturated heterocycles. The molecule has 1 aromatic heterocycles. The molecule has 0 atom stereocenters. The Kier molecular flexibility index (Phi) is 5.68. The van der Waals surface area contributed by atoms with Crippen LogP contribution in [0.25, 0.3) is 0 Å². The molecule has 4 nitrogen and oxygen atoms in total. The average Bonchev–Trinajstić information content (AvgIpc) is 3.30. The molecule has 30 heavy (non-hydrogen) atoms. The predicted octanol–water partition coefficient (Wildman–Crippen LogP) is 5.75. The lowest BCUT2D eigenvalue weighted by Gasteiger charge is -2.55. The fourth-order valence-corrected chi connectivity index (χ4v) is 6.08. The Labute approximate surface area is 180 Å². The second-order valence-corrected chi connectivity index (χ2v) is 9.85. The summed E-state index contributed by atoms with van der Waals surface area (Å²) >= 11 is 0. The molecular formula is C26H34N2O2. The van der Waals surface area contributed by atoms with Gasteiger partial charge in [-0.05, 0) is 87.2 Å². The fraction of sp³-hybridized carbons (Fsp3) is 0.577. The Balaban J connectivity index is 1.21. The molecule has 2 saturated carbocycles. The van der Waals surface area contributed by atoms with Gasteiger partial charge in [0, 0.05) is 18.3 Å². The number of benzene rings is 1. The van der Waals surface area contributed by atoms with E-state index in [-0.39, 0.29) is 11.9 Å². The predicted molar refractivity (Wildman–Crippen MR) is 120 cm³/mol. The van der Waals surface area contributed by atoms with Crippen LogP contribution >= 0.6 is 0 Å². The first kappa shape index (κ1) is 19.9. The number of carbonyl (C=O) groups excluding carboxylic acids is 1. The number of piperidine rings is 1. The van der Waals surface area contributed by atoms with Crippen LogP contribution in [-0.2, 0) is 0 Å². The number of nitrogens with zero attached hydrogens (tertiary/aromatic N) is 2. The zero-order valence-electron chi connectivity index (χ0n) is 18.0. The van der Waals surface area contributed by atoms with Crippen LogP contribution in [0.3, 0.4) is 0 Å². The van der Waals surface area contributed by atoms with Crippen molar-refractivity contribution in [2.75, 3.05) is 24.5 Å². The standard InChI is InChI=1S/C26H34N2O2/c29-25(24-12-7-17-30-24)28(22-10-5-2-6-11-22)23-18-26(19-23)13-15-27(16-14-26)20-21-8-3-1-4-9-21/h2,5-7,10-12,17,21,23H,1,3-4,8-9,13-16,18-20H2. The van der Waals surface area contributed by atoms with Gasteiger partial charge in [-0.1, -0.05) is 37.5 Å². The van der Waals surface area contributed by atoms with Gasteiger partial charge in [0.25, 0.3) is 5.91 Å². The number of likely N-dealkylation sites (tertiary alicyclic amines) is 1. The minimum absolute atomic E-state index is 0.0132. The van der Waals surface area contributed by atoms with Gasteiger partial charge in [0.1, 0.15) is 0 Å². The highest BCUT2D eigenvalue weighted by Gasteiger charge is 2.49. The molecule has 0 bridgehead atoms. The number of hydrogen-bond donors (Lipinski definition) is 0. The zero-order valence-corrected chi connectivity index (χ0v) is 18.0. The number of anilines is 1. The number of hydrogen-bond acceptors (Lipinski definition) is 3. The van der Waals surface area contributed by atoms with Crippen LogP contribution in [0.5, 0.6) is 0 Å². The number of amides is 1. The summed E-state index contributed by atoms with van der Waals surface area (Å²) < 4.78 is 5.44. The average molecular weight is 407 g/mol. The van der Waals surface area contributed by atoms with Gasteiger partial charge in [0.15, 0.2) is 5.76 Å². The SMILES string of the molecule is O=C(c1ccco1)N(c1ccccc1)C1CC2(CCN(CC3CCCCC3)CC2)C1. The van der Waals surface area contributed by atoms with Crippen LogP contribution in [0.1, 0.15) is 68.3 Å². The first-order chi connectivity index (χ1) is 14.7. The minimum Gasteiger partial charge on any atom is -0.459 e. The van der Waals surface area contributed by atoms with Crippen molar-refractivity contribution in [1.82, 2.24) is 4.90 Å². The molecule has 1 aliphatic heterocycles. The lowest BCUT2D eigenvalue weighted by atomic mass is 9.59. The molecule has 2 heterocycles. The third kappa shape index (κ3) is 4.07. The van der Waals surface area contributed by atoms with Crippen molar-refractivity contribution in [2.24, 2.45) is 11.3 Å². The molecule has 3 fully saturated rings. The zero-order chi connectivity index (χ0) is 20.4. The van der Waals surface area contributed by atoms with E-state index in [0.29, 0.717) is 11.2 Å². The normalized spacial score (nSPS) is 22.7. The van der Waals surface area contributed by atoms with Crippen LogP contribution in [-0.4, -0.2) is 36.5 Å². The molecular weight excluding hydrogens is 372 g/mol. The van der Waals surface area contributed by atoms with Gasteiger partial charge < -0.3 is 14.2 Å². The van der Waals surface area contributed by atoms with Crippen LogP contribution in [0.2, 0.25) is 0 Å². The van der Waals surface area contributed by atoms with Crippen LogP contribution in [0, 0.1) is 11.3 Å². The molecule has 3 aliphatic rings. The topological polar surface area (TPSA) is 36.7 Å². The summed E-state index contributed by atoms with van der Waals surface area (Å²) in [5, 5.41) is 0. The van der Waals surface area contributed by atoms with Crippen molar-refractivity contribution in [1.29, 1.82) is 0 Å². The van der Waals surface area contributed by atoms with E-state index in [1.807, 2.05) is 35.2 Å². The number of furan rings is 1. The van der Waals surface area contributed by atoms with E-state index in [2.05, 4.69) is 4.90 Å². The maximum absolute atomic E-state index is 13.2. The maximum atomic E-state index is 13.2. The summed E-state index contributed by atoms with van der Waals surface area (Å²) in [5.41, 5.74) is 1.41. The Morgan fingerprint density at radius 2 is 1.73 bits per heavy atom. The summed E-state index contributed by atoms with van der Waals surface area (Å²) in [6, 6.07) is 13.9. The molecule has 1 amide bonds. The Bertz CT molecular complexity index is 810. The Morgan fingerprint density at radius 3 is 2.40 bits per heavy atom. The van der Waals surface area contributed by atoms with E-state index in [1.54, 1.807) is 18.4 Å². The van der Waals surface area contributed by atoms with Crippen molar-refractivity contribution in [2.45, 2.75) is 63.8 Å². The van der Waals surface area contributed by atoms with Gasteiger partial charge in [-0.3, -0.25) is 4.79 Å². The van der Waals surface area contributed by atoms with Crippen molar-refractivity contribution in [3.05, 3.63) is 54.5 Å². The smallest absolute Gasteiger partial charge is 0.294 e. The Hall–Kier alpha value is -2.07. The number of rotatable bonds is 5. The van der Waals surface area contributed by atoms with Gasteiger partial charge in [-0.15, -0.1) is 0 Å². The van der Waals surface area contributed by atoms with Crippen LogP contribution < -0.4 is 4.90 Å². The molecule has 160 valence electrons. The van der Waals surface area contributed by atoms with E-state index in [0.717, 1.165) is 24.4 Å². The lowest BCUT2D eigenvalue weighted by molar-refractivity contribution is 0.00890. The third-order valence-electron chi connectivity index (χ3n) is 7.85. The quantitative estimate of drug-likeness (QED) is 0.634. The molecule has 2 aliphatic carbocycles.